The Morgan fingerprint density at radius 2 is 2.03 bits per heavy atom. The fraction of sp³-hybridized carbons (Fsp3) is 0.364. The van der Waals surface area contributed by atoms with Crippen molar-refractivity contribution < 1.29 is 13.9 Å². The third-order valence-electron chi connectivity index (χ3n) is 6.42. The number of halogens is 2. The van der Waals surface area contributed by atoms with Crippen molar-refractivity contribution in [2.75, 3.05) is 27.2 Å². The second-order valence-corrected chi connectivity index (χ2v) is 8.72. The fourth-order valence-electron chi connectivity index (χ4n) is 4.91. The summed E-state index contributed by atoms with van der Waals surface area (Å²) in [7, 11) is 3.67. The maximum atomic E-state index is 14.0. The molecule has 5 rings (SSSR count). The maximum Gasteiger partial charge on any atom is 0.262 e. The highest BCUT2D eigenvalue weighted by Gasteiger charge is 2.60. The first-order valence-electron chi connectivity index (χ1n) is 9.89. The number of hydrogen-bond donors (Lipinski definition) is 1. The molecule has 0 radical (unpaired) electrons. The van der Waals surface area contributed by atoms with Crippen LogP contribution in [-0.4, -0.2) is 55.0 Å². The van der Waals surface area contributed by atoms with Crippen LogP contribution in [0.4, 0.5) is 4.39 Å². The third-order valence-corrected chi connectivity index (χ3v) is 6.64. The average Bonchev–Trinajstić information content (AvgIpc) is 2.93. The Hall–Kier alpha value is -2.64. The van der Waals surface area contributed by atoms with E-state index in [0.29, 0.717) is 28.4 Å². The van der Waals surface area contributed by atoms with E-state index in [1.807, 2.05) is 25.2 Å². The van der Waals surface area contributed by atoms with E-state index < -0.39 is 11.4 Å². The molecule has 1 amide bonds. The molecule has 1 saturated heterocycles. The van der Waals surface area contributed by atoms with Crippen LogP contribution in [0.25, 0.3) is 11.1 Å². The molecular weight excluding hydrogens is 407 g/mol. The second kappa shape index (κ2) is 6.68. The molecule has 2 N–H and O–H groups in total. The third kappa shape index (κ3) is 2.72. The molecule has 3 atom stereocenters. The summed E-state index contributed by atoms with van der Waals surface area (Å²) in [5.41, 5.74) is 6.97. The number of likely N-dealkylation sites (tertiary alicyclic amines) is 1. The summed E-state index contributed by atoms with van der Waals surface area (Å²) in [6.07, 6.45) is 0.672. The van der Waals surface area contributed by atoms with Crippen molar-refractivity contribution in [3.05, 3.63) is 52.8 Å². The molecule has 3 heterocycles. The van der Waals surface area contributed by atoms with Crippen LogP contribution < -0.4 is 10.5 Å². The largest absolute Gasteiger partial charge is 0.490 e. The van der Waals surface area contributed by atoms with Crippen LogP contribution in [0.2, 0.25) is 5.02 Å². The van der Waals surface area contributed by atoms with Gasteiger partial charge in [0.25, 0.3) is 5.91 Å². The van der Waals surface area contributed by atoms with Gasteiger partial charge in [0.05, 0.1) is 0 Å². The zero-order valence-electron chi connectivity index (χ0n) is 16.7. The molecule has 1 fully saturated rings. The number of guanidine groups is 1. The highest BCUT2D eigenvalue weighted by Crippen LogP contribution is 2.51. The van der Waals surface area contributed by atoms with Gasteiger partial charge in [0, 0.05) is 36.6 Å². The Bertz CT molecular complexity index is 1070. The summed E-state index contributed by atoms with van der Waals surface area (Å²) in [6.45, 7) is 1.55. The van der Waals surface area contributed by atoms with Gasteiger partial charge in [-0.15, -0.1) is 0 Å². The van der Waals surface area contributed by atoms with Crippen molar-refractivity contribution in [2.24, 2.45) is 16.6 Å². The van der Waals surface area contributed by atoms with Crippen LogP contribution in [0.5, 0.6) is 5.75 Å². The average molecular weight is 429 g/mol. The molecule has 0 aliphatic carbocycles. The lowest BCUT2D eigenvalue weighted by Crippen LogP contribution is -2.58. The van der Waals surface area contributed by atoms with Gasteiger partial charge in [-0.1, -0.05) is 17.7 Å². The molecule has 1 spiro atoms. The van der Waals surface area contributed by atoms with Crippen molar-refractivity contribution in [3.8, 4) is 16.9 Å². The number of rotatable bonds is 1. The molecule has 2 aromatic carbocycles. The lowest BCUT2D eigenvalue weighted by Gasteiger charge is -2.48. The highest BCUT2D eigenvalue weighted by molar-refractivity contribution is 6.30. The number of benzene rings is 2. The number of fused-ring (bicyclic) bond motifs is 4. The van der Waals surface area contributed by atoms with Gasteiger partial charge in [-0.3, -0.25) is 9.69 Å². The highest BCUT2D eigenvalue weighted by atomic mass is 35.5. The predicted octanol–water partition coefficient (Wildman–Crippen LogP) is 2.84. The minimum atomic E-state index is -1.15. The van der Waals surface area contributed by atoms with Gasteiger partial charge in [-0.25, -0.2) is 9.38 Å². The van der Waals surface area contributed by atoms with Gasteiger partial charge >= 0.3 is 0 Å². The molecule has 2 aromatic rings. The van der Waals surface area contributed by atoms with Gasteiger partial charge in [-0.2, -0.15) is 0 Å². The summed E-state index contributed by atoms with van der Waals surface area (Å²) < 4.78 is 20.3. The topological polar surface area (TPSA) is 71.2 Å². The second-order valence-electron chi connectivity index (χ2n) is 8.28. The summed E-state index contributed by atoms with van der Waals surface area (Å²) in [4.78, 5) is 21.9. The van der Waals surface area contributed by atoms with E-state index in [4.69, 9.17) is 27.1 Å². The van der Waals surface area contributed by atoms with Crippen LogP contribution in [-0.2, 0) is 10.3 Å². The van der Waals surface area contributed by atoms with E-state index >= 15 is 0 Å². The van der Waals surface area contributed by atoms with E-state index in [0.717, 1.165) is 18.5 Å². The number of carbonyl (C=O) groups is 1. The lowest BCUT2D eigenvalue weighted by atomic mass is 9.70. The number of amides is 1. The van der Waals surface area contributed by atoms with Crippen LogP contribution in [0.15, 0.2) is 41.4 Å². The van der Waals surface area contributed by atoms with Crippen molar-refractivity contribution >= 4 is 23.5 Å². The fourth-order valence-corrected chi connectivity index (χ4v) is 5.13. The SMILES string of the molecule is CN1CC[C@@H]2Oc3ccc(-c4cc(F)cc(Cl)c4)cc3C3(N=C(N)N(C)C3=O)[C@H]2C1. The molecule has 156 valence electrons. The summed E-state index contributed by atoms with van der Waals surface area (Å²) >= 11 is 6.06. The number of aliphatic imine (C=N–C) groups is 1. The van der Waals surface area contributed by atoms with E-state index in [-0.39, 0.29) is 23.9 Å². The van der Waals surface area contributed by atoms with Gasteiger partial charge in [0.2, 0.25) is 0 Å². The minimum absolute atomic E-state index is 0.129. The standard InChI is InChI=1S/C22H22ClFN4O2/c1-27-6-5-19-17(11-27)22(20(29)28(2)21(25)26-22)16-9-12(3-4-18(16)30-19)13-7-14(23)10-15(24)8-13/h3-4,7-10,17,19H,5-6,11H2,1-2H3,(H2,25,26)/t17-,19-,22?/m0/s1. The smallest absolute Gasteiger partial charge is 0.262 e. The van der Waals surface area contributed by atoms with E-state index in [2.05, 4.69) is 4.90 Å². The number of ether oxygens (including phenoxy) is 1. The molecule has 0 aromatic heterocycles. The zero-order valence-corrected chi connectivity index (χ0v) is 17.5. The Kier molecular flexibility index (Phi) is 4.31. The molecular formula is C22H22ClFN4O2. The Labute approximate surface area is 179 Å². The number of likely N-dealkylation sites (N-methyl/N-ethyl adjacent to an activating group) is 1. The maximum absolute atomic E-state index is 14.0. The van der Waals surface area contributed by atoms with Crippen LogP contribution in [0, 0.1) is 11.7 Å². The summed E-state index contributed by atoms with van der Waals surface area (Å²) in [5, 5.41) is 0.307. The summed E-state index contributed by atoms with van der Waals surface area (Å²) in [6, 6.07) is 9.91. The number of piperidine rings is 1. The molecule has 3 aliphatic heterocycles. The molecule has 8 heteroatoms. The van der Waals surface area contributed by atoms with Crippen LogP contribution >= 0.6 is 11.6 Å². The Morgan fingerprint density at radius 1 is 1.23 bits per heavy atom. The van der Waals surface area contributed by atoms with Crippen molar-refractivity contribution in [1.82, 2.24) is 9.80 Å². The molecule has 1 unspecified atom stereocenters. The van der Waals surface area contributed by atoms with Crippen LogP contribution in [0.1, 0.15) is 12.0 Å². The minimum Gasteiger partial charge on any atom is -0.490 e. The number of nitrogens with zero attached hydrogens (tertiary/aromatic N) is 3. The molecule has 6 nitrogen and oxygen atoms in total. The number of nitrogens with two attached hydrogens (primary N) is 1. The first kappa shape index (κ1) is 19.3. The molecule has 30 heavy (non-hydrogen) atoms. The number of carbonyl (C=O) groups excluding carboxylic acids is 1. The Balaban J connectivity index is 1.72. The quantitative estimate of drug-likeness (QED) is 0.758. The first-order chi connectivity index (χ1) is 14.3. The van der Waals surface area contributed by atoms with Crippen molar-refractivity contribution in [1.29, 1.82) is 0 Å². The Morgan fingerprint density at radius 3 is 2.73 bits per heavy atom. The van der Waals surface area contributed by atoms with E-state index in [1.54, 1.807) is 13.1 Å². The lowest BCUT2D eigenvalue weighted by molar-refractivity contribution is -0.137. The normalized spacial score (nSPS) is 28.2. The van der Waals surface area contributed by atoms with Crippen molar-refractivity contribution in [3.63, 3.8) is 0 Å². The van der Waals surface area contributed by atoms with E-state index in [1.165, 1.54) is 17.0 Å². The molecule has 0 saturated carbocycles. The summed E-state index contributed by atoms with van der Waals surface area (Å²) in [5.74, 6) is 0.0516. The predicted molar refractivity (Wildman–Crippen MR) is 113 cm³/mol. The van der Waals surface area contributed by atoms with Gasteiger partial charge in [0.15, 0.2) is 11.5 Å². The molecule has 3 aliphatic rings. The van der Waals surface area contributed by atoms with Gasteiger partial charge in [0.1, 0.15) is 17.7 Å². The van der Waals surface area contributed by atoms with Gasteiger partial charge < -0.3 is 15.4 Å². The monoisotopic (exact) mass is 428 g/mol. The number of hydrogen-bond acceptors (Lipinski definition) is 5. The van der Waals surface area contributed by atoms with E-state index in [9.17, 15) is 9.18 Å². The van der Waals surface area contributed by atoms with Gasteiger partial charge in [-0.05, 0) is 54.9 Å². The first-order valence-corrected chi connectivity index (χ1v) is 10.3. The zero-order chi connectivity index (χ0) is 21.2. The van der Waals surface area contributed by atoms with Crippen LogP contribution in [0.3, 0.4) is 0 Å². The molecule has 0 bridgehead atoms. The van der Waals surface area contributed by atoms with Crippen molar-refractivity contribution in [2.45, 2.75) is 18.1 Å².